The Labute approximate surface area is 134 Å². The molecule has 0 saturated heterocycles. The van der Waals surface area contributed by atoms with Crippen LogP contribution in [0.4, 0.5) is 5.69 Å². The largest absolute Gasteiger partial charge is 0.494 e. The van der Waals surface area contributed by atoms with Gasteiger partial charge in [0.1, 0.15) is 5.75 Å². The molecule has 0 unspecified atom stereocenters. The highest BCUT2D eigenvalue weighted by atomic mass is 32.1. The first-order valence-corrected chi connectivity index (χ1v) is 8.16. The highest BCUT2D eigenvalue weighted by Gasteiger charge is 2.10. The molecule has 0 saturated carbocycles. The molecule has 116 valence electrons. The van der Waals surface area contributed by atoms with Gasteiger partial charge in [0.15, 0.2) is 5.78 Å². The second-order valence-electron chi connectivity index (χ2n) is 4.82. The Kier molecular flexibility index (Phi) is 6.15. The Balaban J connectivity index is 1.78. The van der Waals surface area contributed by atoms with Gasteiger partial charge in [-0.05, 0) is 42.1 Å². The SMILES string of the molecule is CCCOc1ccc(NC(=O)CCC(=O)c2cccs2)cc1. The molecule has 1 amide bonds. The molecule has 0 fully saturated rings. The third-order valence-electron chi connectivity index (χ3n) is 2.99. The summed E-state index contributed by atoms with van der Waals surface area (Å²) in [7, 11) is 0. The number of ketones is 1. The third kappa shape index (κ3) is 5.00. The van der Waals surface area contributed by atoms with Crippen molar-refractivity contribution < 1.29 is 14.3 Å². The van der Waals surface area contributed by atoms with Gasteiger partial charge in [-0.3, -0.25) is 9.59 Å². The van der Waals surface area contributed by atoms with Gasteiger partial charge in [0.2, 0.25) is 5.91 Å². The quantitative estimate of drug-likeness (QED) is 0.745. The zero-order valence-electron chi connectivity index (χ0n) is 12.5. The Hall–Kier alpha value is -2.14. The molecule has 0 aliphatic carbocycles. The number of hydrogen-bond donors (Lipinski definition) is 1. The van der Waals surface area contributed by atoms with E-state index in [0.717, 1.165) is 12.2 Å². The summed E-state index contributed by atoms with van der Waals surface area (Å²) in [5, 5.41) is 4.64. The van der Waals surface area contributed by atoms with Gasteiger partial charge >= 0.3 is 0 Å². The number of nitrogens with one attached hydrogen (secondary N) is 1. The summed E-state index contributed by atoms with van der Waals surface area (Å²) in [5.74, 6) is 0.633. The van der Waals surface area contributed by atoms with Gasteiger partial charge in [-0.2, -0.15) is 0 Å². The van der Waals surface area contributed by atoms with Crippen LogP contribution in [0.3, 0.4) is 0 Å². The topological polar surface area (TPSA) is 55.4 Å². The van der Waals surface area contributed by atoms with Crippen LogP contribution in [0.1, 0.15) is 35.9 Å². The third-order valence-corrected chi connectivity index (χ3v) is 3.90. The van der Waals surface area contributed by atoms with Gasteiger partial charge in [-0.1, -0.05) is 13.0 Å². The van der Waals surface area contributed by atoms with E-state index in [1.165, 1.54) is 11.3 Å². The van der Waals surface area contributed by atoms with Crippen molar-refractivity contribution in [1.29, 1.82) is 0 Å². The van der Waals surface area contributed by atoms with Crippen LogP contribution in [0.15, 0.2) is 41.8 Å². The molecule has 0 radical (unpaired) electrons. The number of anilines is 1. The van der Waals surface area contributed by atoms with Crippen LogP contribution in [-0.4, -0.2) is 18.3 Å². The molecule has 0 aliphatic heterocycles. The first-order valence-electron chi connectivity index (χ1n) is 7.28. The minimum Gasteiger partial charge on any atom is -0.494 e. The Bertz CT molecular complexity index is 605. The average molecular weight is 317 g/mol. The lowest BCUT2D eigenvalue weighted by atomic mass is 10.2. The minimum absolute atomic E-state index is 0.00784. The van der Waals surface area contributed by atoms with E-state index in [9.17, 15) is 9.59 Å². The second-order valence-corrected chi connectivity index (χ2v) is 5.77. The molecule has 1 heterocycles. The van der Waals surface area contributed by atoms with Crippen LogP contribution >= 0.6 is 11.3 Å². The maximum atomic E-state index is 11.9. The number of amides is 1. The first-order chi connectivity index (χ1) is 10.7. The zero-order chi connectivity index (χ0) is 15.8. The minimum atomic E-state index is -0.160. The van der Waals surface area contributed by atoms with Crippen molar-refractivity contribution in [2.24, 2.45) is 0 Å². The Morgan fingerprint density at radius 3 is 2.55 bits per heavy atom. The predicted molar refractivity (Wildman–Crippen MR) is 88.7 cm³/mol. The van der Waals surface area contributed by atoms with Crippen LogP contribution in [0.2, 0.25) is 0 Å². The number of rotatable bonds is 8. The van der Waals surface area contributed by atoms with E-state index in [1.54, 1.807) is 18.2 Å². The summed E-state index contributed by atoms with van der Waals surface area (Å²) in [4.78, 5) is 24.4. The van der Waals surface area contributed by atoms with E-state index < -0.39 is 0 Å². The van der Waals surface area contributed by atoms with E-state index >= 15 is 0 Å². The van der Waals surface area contributed by atoms with E-state index in [0.29, 0.717) is 17.2 Å². The van der Waals surface area contributed by atoms with Crippen molar-refractivity contribution in [3.63, 3.8) is 0 Å². The highest BCUT2D eigenvalue weighted by molar-refractivity contribution is 7.12. The normalized spacial score (nSPS) is 10.2. The summed E-state index contributed by atoms with van der Waals surface area (Å²) in [6, 6.07) is 10.8. The molecule has 22 heavy (non-hydrogen) atoms. The molecule has 0 atom stereocenters. The molecule has 0 spiro atoms. The first kappa shape index (κ1) is 16.2. The monoisotopic (exact) mass is 317 g/mol. The van der Waals surface area contributed by atoms with Crippen LogP contribution < -0.4 is 10.1 Å². The Morgan fingerprint density at radius 1 is 1.14 bits per heavy atom. The predicted octanol–water partition coefficient (Wildman–Crippen LogP) is 4.14. The van der Waals surface area contributed by atoms with Crippen molar-refractivity contribution in [3.8, 4) is 5.75 Å². The number of carbonyl (C=O) groups is 2. The highest BCUT2D eigenvalue weighted by Crippen LogP contribution is 2.17. The zero-order valence-corrected chi connectivity index (χ0v) is 13.3. The van der Waals surface area contributed by atoms with Crippen molar-refractivity contribution in [2.45, 2.75) is 26.2 Å². The lowest BCUT2D eigenvalue weighted by molar-refractivity contribution is -0.116. The molecule has 0 bridgehead atoms. The van der Waals surface area contributed by atoms with Crippen LogP contribution in [0, 0.1) is 0 Å². The van der Waals surface area contributed by atoms with Crippen LogP contribution in [0.25, 0.3) is 0 Å². The lowest BCUT2D eigenvalue weighted by Gasteiger charge is -2.07. The van der Waals surface area contributed by atoms with E-state index in [2.05, 4.69) is 5.32 Å². The molecule has 5 heteroatoms. The van der Waals surface area contributed by atoms with Crippen molar-refractivity contribution in [1.82, 2.24) is 0 Å². The molecular weight excluding hydrogens is 298 g/mol. The number of carbonyl (C=O) groups excluding carboxylic acids is 2. The fraction of sp³-hybridized carbons (Fsp3) is 0.294. The number of ether oxygens (including phenoxy) is 1. The summed E-state index contributed by atoms with van der Waals surface area (Å²) < 4.78 is 5.48. The number of thiophene rings is 1. The molecule has 1 aromatic carbocycles. The van der Waals surface area contributed by atoms with Gasteiger partial charge in [0.05, 0.1) is 11.5 Å². The maximum absolute atomic E-state index is 11.9. The summed E-state index contributed by atoms with van der Waals surface area (Å²) in [6.07, 6.45) is 1.37. The summed E-state index contributed by atoms with van der Waals surface area (Å²) >= 11 is 1.40. The Morgan fingerprint density at radius 2 is 1.91 bits per heavy atom. The second kappa shape index (κ2) is 8.34. The number of hydrogen-bond acceptors (Lipinski definition) is 4. The number of Topliss-reactive ketones (excluding diaryl/α,β-unsaturated/α-hetero) is 1. The van der Waals surface area contributed by atoms with Crippen LogP contribution in [-0.2, 0) is 4.79 Å². The average Bonchev–Trinajstić information content (AvgIpc) is 3.06. The lowest BCUT2D eigenvalue weighted by Crippen LogP contribution is -2.13. The van der Waals surface area contributed by atoms with Gasteiger partial charge < -0.3 is 10.1 Å². The molecule has 2 aromatic rings. The van der Waals surface area contributed by atoms with Crippen molar-refractivity contribution in [2.75, 3.05) is 11.9 Å². The van der Waals surface area contributed by atoms with E-state index in [1.807, 2.05) is 30.5 Å². The smallest absolute Gasteiger partial charge is 0.224 e. The van der Waals surface area contributed by atoms with Gasteiger partial charge in [-0.25, -0.2) is 0 Å². The van der Waals surface area contributed by atoms with E-state index in [-0.39, 0.29) is 24.5 Å². The molecule has 1 N–H and O–H groups in total. The van der Waals surface area contributed by atoms with Crippen molar-refractivity contribution in [3.05, 3.63) is 46.7 Å². The fourth-order valence-electron chi connectivity index (χ4n) is 1.87. The standard InChI is InChI=1S/C17H19NO3S/c1-2-11-21-14-7-5-13(6-8-14)18-17(20)10-9-15(19)16-4-3-12-22-16/h3-8,12H,2,9-11H2,1H3,(H,18,20). The summed E-state index contributed by atoms with van der Waals surface area (Å²) in [5.41, 5.74) is 0.706. The maximum Gasteiger partial charge on any atom is 0.224 e. The number of benzene rings is 1. The fourth-order valence-corrected chi connectivity index (χ4v) is 2.56. The molecular formula is C17H19NO3S. The van der Waals surface area contributed by atoms with Gasteiger partial charge in [-0.15, -0.1) is 11.3 Å². The van der Waals surface area contributed by atoms with Crippen LogP contribution in [0.5, 0.6) is 5.75 Å². The molecule has 2 rings (SSSR count). The van der Waals surface area contributed by atoms with Gasteiger partial charge in [0.25, 0.3) is 0 Å². The van der Waals surface area contributed by atoms with Crippen molar-refractivity contribution >= 4 is 28.7 Å². The molecule has 4 nitrogen and oxygen atoms in total. The summed E-state index contributed by atoms with van der Waals surface area (Å²) in [6.45, 7) is 2.72. The van der Waals surface area contributed by atoms with Gasteiger partial charge in [0, 0.05) is 18.5 Å². The molecule has 1 aromatic heterocycles. The molecule has 0 aliphatic rings. The van der Waals surface area contributed by atoms with E-state index in [4.69, 9.17) is 4.74 Å².